The summed E-state index contributed by atoms with van der Waals surface area (Å²) in [4.78, 5) is 29.2. The van der Waals surface area contributed by atoms with Crippen LogP contribution in [0, 0.1) is 0 Å². The molecule has 130 valence electrons. The Hall–Kier alpha value is -1.84. The van der Waals surface area contributed by atoms with Crippen LogP contribution in [0.2, 0.25) is 0 Å². The fraction of sp³-hybridized carbons (Fsp3) is 0.600. The van der Waals surface area contributed by atoms with Crippen LogP contribution < -0.4 is 0 Å². The van der Waals surface area contributed by atoms with E-state index < -0.39 is 0 Å². The van der Waals surface area contributed by atoms with Gasteiger partial charge in [0, 0.05) is 26.1 Å². The third-order valence-corrected chi connectivity index (χ3v) is 5.22. The van der Waals surface area contributed by atoms with Crippen LogP contribution in [0.25, 0.3) is 0 Å². The van der Waals surface area contributed by atoms with Gasteiger partial charge in [-0.15, -0.1) is 0 Å². The molecule has 4 heteroatoms. The molecule has 0 radical (unpaired) electrons. The predicted octanol–water partition coefficient (Wildman–Crippen LogP) is 3.01. The first-order chi connectivity index (χ1) is 11.8. The van der Waals surface area contributed by atoms with Crippen molar-refractivity contribution in [2.24, 2.45) is 0 Å². The summed E-state index contributed by atoms with van der Waals surface area (Å²) in [6.07, 6.45) is 7.42. The third kappa shape index (κ3) is 4.16. The Kier molecular flexibility index (Phi) is 5.89. The molecule has 2 aliphatic heterocycles. The SMILES string of the molecule is O=C(C1CCCCN1C(=O)CCCc1ccccc1)N1CCCC1. The average Bonchev–Trinajstić information content (AvgIpc) is 3.16. The number of carbonyl (C=O) groups excluding carboxylic acids is 2. The largest absolute Gasteiger partial charge is 0.341 e. The number of rotatable bonds is 5. The maximum Gasteiger partial charge on any atom is 0.245 e. The summed E-state index contributed by atoms with van der Waals surface area (Å²) < 4.78 is 0. The third-order valence-electron chi connectivity index (χ3n) is 5.22. The zero-order chi connectivity index (χ0) is 16.8. The van der Waals surface area contributed by atoms with E-state index in [-0.39, 0.29) is 17.9 Å². The van der Waals surface area contributed by atoms with Gasteiger partial charge in [-0.05, 0) is 50.5 Å². The van der Waals surface area contributed by atoms with Gasteiger partial charge in [0.05, 0.1) is 0 Å². The fourth-order valence-corrected chi connectivity index (χ4v) is 3.87. The summed E-state index contributed by atoms with van der Waals surface area (Å²) in [5, 5.41) is 0. The molecule has 4 nitrogen and oxygen atoms in total. The minimum Gasteiger partial charge on any atom is -0.341 e. The quantitative estimate of drug-likeness (QED) is 0.833. The topological polar surface area (TPSA) is 40.6 Å². The molecule has 0 aliphatic carbocycles. The van der Waals surface area contributed by atoms with Crippen molar-refractivity contribution in [3.63, 3.8) is 0 Å². The molecule has 1 aromatic rings. The van der Waals surface area contributed by atoms with Gasteiger partial charge in [-0.2, -0.15) is 0 Å². The van der Waals surface area contributed by atoms with E-state index in [9.17, 15) is 9.59 Å². The van der Waals surface area contributed by atoms with E-state index in [1.807, 2.05) is 28.0 Å². The molecule has 2 aliphatic rings. The Bertz CT molecular complexity index is 552. The van der Waals surface area contributed by atoms with Crippen LogP contribution in [0.5, 0.6) is 0 Å². The van der Waals surface area contributed by atoms with Gasteiger partial charge in [0.2, 0.25) is 11.8 Å². The number of hydrogen-bond donors (Lipinski definition) is 0. The van der Waals surface area contributed by atoms with Crippen molar-refractivity contribution in [1.29, 1.82) is 0 Å². The van der Waals surface area contributed by atoms with E-state index in [1.54, 1.807) is 0 Å². The number of nitrogens with zero attached hydrogens (tertiary/aromatic N) is 2. The molecule has 0 spiro atoms. The smallest absolute Gasteiger partial charge is 0.245 e. The second kappa shape index (κ2) is 8.32. The second-order valence-electron chi connectivity index (χ2n) is 6.97. The summed E-state index contributed by atoms with van der Waals surface area (Å²) in [7, 11) is 0. The van der Waals surface area contributed by atoms with Crippen molar-refractivity contribution in [2.45, 2.75) is 57.4 Å². The summed E-state index contributed by atoms with van der Waals surface area (Å²) in [5.41, 5.74) is 1.27. The molecule has 0 saturated carbocycles. The van der Waals surface area contributed by atoms with Crippen molar-refractivity contribution in [2.75, 3.05) is 19.6 Å². The molecule has 1 atom stereocenters. The standard InChI is InChI=1S/C20H28N2O2/c23-19(13-8-11-17-9-2-1-3-10-17)22-16-5-4-12-18(22)20(24)21-14-6-7-15-21/h1-3,9-10,18H,4-8,11-16H2. The van der Waals surface area contributed by atoms with Crippen molar-refractivity contribution in [3.8, 4) is 0 Å². The molecule has 2 amide bonds. The molecule has 0 aromatic heterocycles. The van der Waals surface area contributed by atoms with Gasteiger partial charge in [0.1, 0.15) is 6.04 Å². The Morgan fingerprint density at radius 1 is 0.958 bits per heavy atom. The van der Waals surface area contributed by atoms with E-state index in [0.717, 1.165) is 64.6 Å². The number of aryl methyl sites for hydroxylation is 1. The number of hydrogen-bond acceptors (Lipinski definition) is 2. The fourth-order valence-electron chi connectivity index (χ4n) is 3.87. The second-order valence-corrected chi connectivity index (χ2v) is 6.97. The number of carbonyl (C=O) groups is 2. The van der Waals surface area contributed by atoms with E-state index in [0.29, 0.717) is 6.42 Å². The highest BCUT2D eigenvalue weighted by molar-refractivity contribution is 5.88. The maximum absolute atomic E-state index is 12.7. The average molecular weight is 328 g/mol. The molecule has 1 unspecified atom stereocenters. The normalized spacial score (nSPS) is 21.1. The van der Waals surface area contributed by atoms with Crippen LogP contribution in [-0.2, 0) is 16.0 Å². The molecule has 0 bridgehead atoms. The maximum atomic E-state index is 12.7. The number of benzene rings is 1. The monoisotopic (exact) mass is 328 g/mol. The Morgan fingerprint density at radius 2 is 1.67 bits per heavy atom. The van der Waals surface area contributed by atoms with Gasteiger partial charge < -0.3 is 9.80 Å². The first-order valence-corrected chi connectivity index (χ1v) is 9.38. The molecule has 0 N–H and O–H groups in total. The van der Waals surface area contributed by atoms with Crippen LogP contribution in [-0.4, -0.2) is 47.3 Å². The van der Waals surface area contributed by atoms with E-state index >= 15 is 0 Å². The minimum absolute atomic E-state index is 0.156. The lowest BCUT2D eigenvalue weighted by Gasteiger charge is -2.37. The van der Waals surface area contributed by atoms with Crippen LogP contribution in [0.3, 0.4) is 0 Å². The zero-order valence-electron chi connectivity index (χ0n) is 14.5. The number of likely N-dealkylation sites (tertiary alicyclic amines) is 2. The molecular formula is C20H28N2O2. The molecule has 2 fully saturated rings. The van der Waals surface area contributed by atoms with E-state index in [2.05, 4.69) is 12.1 Å². The van der Waals surface area contributed by atoms with Gasteiger partial charge in [0.25, 0.3) is 0 Å². The summed E-state index contributed by atoms with van der Waals surface area (Å²) in [5.74, 6) is 0.340. The highest BCUT2D eigenvalue weighted by Crippen LogP contribution is 2.22. The Morgan fingerprint density at radius 3 is 2.42 bits per heavy atom. The first-order valence-electron chi connectivity index (χ1n) is 9.38. The zero-order valence-corrected chi connectivity index (χ0v) is 14.5. The van der Waals surface area contributed by atoms with Gasteiger partial charge >= 0.3 is 0 Å². The van der Waals surface area contributed by atoms with Crippen molar-refractivity contribution in [1.82, 2.24) is 9.80 Å². The van der Waals surface area contributed by atoms with Gasteiger partial charge in [-0.3, -0.25) is 9.59 Å². The summed E-state index contributed by atoms with van der Waals surface area (Å²) in [6, 6.07) is 10.1. The molecule has 24 heavy (non-hydrogen) atoms. The lowest BCUT2D eigenvalue weighted by molar-refractivity contribution is -0.147. The Balaban J connectivity index is 1.54. The van der Waals surface area contributed by atoms with Gasteiger partial charge in [0.15, 0.2) is 0 Å². The molecule has 3 rings (SSSR count). The van der Waals surface area contributed by atoms with Crippen molar-refractivity contribution in [3.05, 3.63) is 35.9 Å². The highest BCUT2D eigenvalue weighted by atomic mass is 16.2. The van der Waals surface area contributed by atoms with Gasteiger partial charge in [-0.25, -0.2) is 0 Å². The Labute approximate surface area is 144 Å². The summed E-state index contributed by atoms with van der Waals surface area (Å²) in [6.45, 7) is 2.48. The highest BCUT2D eigenvalue weighted by Gasteiger charge is 2.35. The number of piperidine rings is 1. The van der Waals surface area contributed by atoms with Crippen LogP contribution in [0.4, 0.5) is 0 Å². The lowest BCUT2D eigenvalue weighted by atomic mass is 9.99. The molecule has 2 saturated heterocycles. The van der Waals surface area contributed by atoms with Crippen LogP contribution in [0.1, 0.15) is 50.5 Å². The predicted molar refractivity (Wildman–Crippen MR) is 94.5 cm³/mol. The molecule has 1 aromatic carbocycles. The lowest BCUT2D eigenvalue weighted by Crippen LogP contribution is -2.52. The first kappa shape index (κ1) is 17.0. The van der Waals surface area contributed by atoms with E-state index in [4.69, 9.17) is 0 Å². The van der Waals surface area contributed by atoms with Gasteiger partial charge in [-0.1, -0.05) is 30.3 Å². The van der Waals surface area contributed by atoms with Crippen LogP contribution in [0.15, 0.2) is 30.3 Å². The number of amides is 2. The molecule has 2 heterocycles. The van der Waals surface area contributed by atoms with Crippen LogP contribution >= 0.6 is 0 Å². The minimum atomic E-state index is -0.207. The van der Waals surface area contributed by atoms with Crippen molar-refractivity contribution < 1.29 is 9.59 Å². The molecular weight excluding hydrogens is 300 g/mol. The summed E-state index contributed by atoms with van der Waals surface area (Å²) >= 11 is 0. The van der Waals surface area contributed by atoms with Crippen molar-refractivity contribution >= 4 is 11.8 Å². The van der Waals surface area contributed by atoms with E-state index in [1.165, 1.54) is 5.56 Å².